The van der Waals surface area contributed by atoms with Crippen LogP contribution in [0, 0.1) is 0 Å². The lowest BCUT2D eigenvalue weighted by Gasteiger charge is -2.15. The minimum atomic E-state index is 0.227. The first-order chi connectivity index (χ1) is 7.28. The zero-order valence-electron chi connectivity index (χ0n) is 9.46. The van der Waals surface area contributed by atoms with Crippen LogP contribution in [-0.2, 0) is 4.79 Å². The number of nitrogens with zero attached hydrogens (tertiary/aromatic N) is 1. The number of rotatable bonds is 5. The van der Waals surface area contributed by atoms with Crippen LogP contribution < -0.4 is 10.6 Å². The van der Waals surface area contributed by atoms with Gasteiger partial charge in [0.05, 0.1) is 0 Å². The van der Waals surface area contributed by atoms with E-state index in [2.05, 4.69) is 15.5 Å². The van der Waals surface area contributed by atoms with E-state index in [0.29, 0.717) is 18.5 Å². The normalized spacial score (nSPS) is 26.9. The molecule has 1 saturated heterocycles. The summed E-state index contributed by atoms with van der Waals surface area (Å²) < 4.78 is 0. The lowest BCUT2D eigenvalue weighted by atomic mass is 10.3. The average molecular weight is 211 g/mol. The van der Waals surface area contributed by atoms with Crippen molar-refractivity contribution in [3.8, 4) is 0 Å². The Labute approximate surface area is 91.4 Å². The second-order valence-corrected chi connectivity index (χ2v) is 4.67. The summed E-state index contributed by atoms with van der Waals surface area (Å²) in [7, 11) is 2.01. The van der Waals surface area contributed by atoms with E-state index in [0.717, 1.165) is 19.6 Å². The molecule has 1 saturated carbocycles. The molecule has 4 nitrogen and oxygen atoms in total. The molecule has 0 aromatic rings. The van der Waals surface area contributed by atoms with E-state index in [1.54, 1.807) is 0 Å². The SMILES string of the molecule is CNC1CCN(CCC(=O)NC2CC2)C1. The number of hydrogen-bond donors (Lipinski definition) is 2. The van der Waals surface area contributed by atoms with Crippen LogP contribution in [0.1, 0.15) is 25.7 Å². The molecule has 4 heteroatoms. The fourth-order valence-corrected chi connectivity index (χ4v) is 2.06. The number of nitrogens with one attached hydrogen (secondary N) is 2. The van der Waals surface area contributed by atoms with Gasteiger partial charge < -0.3 is 15.5 Å². The molecule has 1 aliphatic heterocycles. The van der Waals surface area contributed by atoms with Gasteiger partial charge >= 0.3 is 0 Å². The highest BCUT2D eigenvalue weighted by molar-refractivity contribution is 5.76. The molecule has 1 heterocycles. The fraction of sp³-hybridized carbons (Fsp3) is 0.909. The maximum Gasteiger partial charge on any atom is 0.221 e. The molecule has 2 rings (SSSR count). The Morgan fingerprint density at radius 2 is 2.13 bits per heavy atom. The topological polar surface area (TPSA) is 44.4 Å². The van der Waals surface area contributed by atoms with Crippen molar-refractivity contribution in [1.29, 1.82) is 0 Å². The van der Waals surface area contributed by atoms with Crippen LogP contribution in [-0.4, -0.2) is 49.6 Å². The Morgan fingerprint density at radius 1 is 1.33 bits per heavy atom. The molecule has 2 fully saturated rings. The summed E-state index contributed by atoms with van der Waals surface area (Å²) in [5, 5.41) is 6.30. The van der Waals surface area contributed by atoms with Gasteiger partial charge in [-0.15, -0.1) is 0 Å². The van der Waals surface area contributed by atoms with E-state index in [1.807, 2.05) is 7.05 Å². The van der Waals surface area contributed by atoms with Crippen LogP contribution in [0.15, 0.2) is 0 Å². The molecule has 2 aliphatic rings. The molecule has 86 valence electrons. The van der Waals surface area contributed by atoms with E-state index in [9.17, 15) is 4.79 Å². The number of likely N-dealkylation sites (N-methyl/N-ethyl adjacent to an activating group) is 1. The van der Waals surface area contributed by atoms with Gasteiger partial charge in [-0.25, -0.2) is 0 Å². The summed E-state index contributed by atoms with van der Waals surface area (Å²) in [6.07, 6.45) is 4.22. The maximum absolute atomic E-state index is 11.4. The Kier molecular flexibility index (Phi) is 3.59. The Bertz CT molecular complexity index is 228. The first-order valence-corrected chi connectivity index (χ1v) is 5.97. The van der Waals surface area contributed by atoms with Gasteiger partial charge in [0.2, 0.25) is 5.91 Å². The number of carbonyl (C=O) groups is 1. The van der Waals surface area contributed by atoms with Crippen molar-refractivity contribution in [2.75, 3.05) is 26.7 Å². The smallest absolute Gasteiger partial charge is 0.221 e. The largest absolute Gasteiger partial charge is 0.353 e. The van der Waals surface area contributed by atoms with Gasteiger partial charge in [-0.2, -0.15) is 0 Å². The first-order valence-electron chi connectivity index (χ1n) is 5.97. The highest BCUT2D eigenvalue weighted by Crippen LogP contribution is 2.18. The number of carbonyl (C=O) groups excluding carboxylic acids is 1. The van der Waals surface area contributed by atoms with E-state index in [4.69, 9.17) is 0 Å². The van der Waals surface area contributed by atoms with Crippen LogP contribution in [0.25, 0.3) is 0 Å². The lowest BCUT2D eigenvalue weighted by Crippen LogP contribution is -2.33. The summed E-state index contributed by atoms with van der Waals surface area (Å²) in [5.74, 6) is 0.227. The highest BCUT2D eigenvalue weighted by Gasteiger charge is 2.24. The summed E-state index contributed by atoms with van der Waals surface area (Å²) in [4.78, 5) is 13.8. The first kappa shape index (κ1) is 10.9. The van der Waals surface area contributed by atoms with Gasteiger partial charge in [-0.05, 0) is 32.9 Å². The average Bonchev–Trinajstić information content (AvgIpc) is 2.92. The van der Waals surface area contributed by atoms with Crippen molar-refractivity contribution in [3.05, 3.63) is 0 Å². The molecule has 0 spiro atoms. The van der Waals surface area contributed by atoms with Crippen molar-refractivity contribution in [3.63, 3.8) is 0 Å². The van der Waals surface area contributed by atoms with Crippen LogP contribution in [0.3, 0.4) is 0 Å². The van der Waals surface area contributed by atoms with Crippen molar-refractivity contribution in [2.45, 2.75) is 37.8 Å². The Morgan fingerprint density at radius 3 is 2.73 bits per heavy atom. The predicted octanol–water partition coefficient (Wildman–Crippen LogP) is -0.0512. The van der Waals surface area contributed by atoms with Crippen molar-refractivity contribution in [2.24, 2.45) is 0 Å². The van der Waals surface area contributed by atoms with Crippen LogP contribution in [0.2, 0.25) is 0 Å². The monoisotopic (exact) mass is 211 g/mol. The molecule has 1 atom stereocenters. The molecule has 0 radical (unpaired) electrons. The Hall–Kier alpha value is -0.610. The summed E-state index contributed by atoms with van der Waals surface area (Å²) in [5.41, 5.74) is 0. The molecule has 0 aromatic carbocycles. The van der Waals surface area contributed by atoms with Gasteiger partial charge in [0.15, 0.2) is 0 Å². The summed E-state index contributed by atoms with van der Waals surface area (Å²) in [6.45, 7) is 3.13. The number of likely N-dealkylation sites (tertiary alicyclic amines) is 1. The molecule has 1 unspecified atom stereocenters. The maximum atomic E-state index is 11.4. The third kappa shape index (κ3) is 3.47. The lowest BCUT2D eigenvalue weighted by molar-refractivity contribution is -0.121. The van der Waals surface area contributed by atoms with E-state index in [-0.39, 0.29) is 5.91 Å². The van der Waals surface area contributed by atoms with Gasteiger partial charge in [0.1, 0.15) is 0 Å². The zero-order chi connectivity index (χ0) is 10.7. The van der Waals surface area contributed by atoms with E-state index in [1.165, 1.54) is 19.3 Å². The molecule has 0 bridgehead atoms. The molecule has 1 aliphatic carbocycles. The van der Waals surface area contributed by atoms with Gasteiger partial charge in [-0.1, -0.05) is 0 Å². The highest BCUT2D eigenvalue weighted by atomic mass is 16.1. The molecule has 1 amide bonds. The van der Waals surface area contributed by atoms with E-state index < -0.39 is 0 Å². The van der Waals surface area contributed by atoms with Gasteiger partial charge in [0.25, 0.3) is 0 Å². The fourth-order valence-electron chi connectivity index (χ4n) is 2.06. The third-order valence-electron chi connectivity index (χ3n) is 3.28. The standard InChI is InChI=1S/C11H21N3O/c1-12-10-4-6-14(8-10)7-5-11(15)13-9-2-3-9/h9-10,12H,2-8H2,1H3,(H,13,15). The quantitative estimate of drug-likeness (QED) is 0.670. The summed E-state index contributed by atoms with van der Waals surface area (Å²) >= 11 is 0. The van der Waals surface area contributed by atoms with Crippen LogP contribution >= 0.6 is 0 Å². The minimum Gasteiger partial charge on any atom is -0.353 e. The minimum absolute atomic E-state index is 0.227. The molecular weight excluding hydrogens is 190 g/mol. The van der Waals surface area contributed by atoms with Crippen molar-refractivity contribution >= 4 is 5.91 Å². The zero-order valence-corrected chi connectivity index (χ0v) is 9.46. The van der Waals surface area contributed by atoms with Crippen LogP contribution in [0.4, 0.5) is 0 Å². The predicted molar refractivity (Wildman–Crippen MR) is 59.7 cm³/mol. The molecular formula is C11H21N3O. The van der Waals surface area contributed by atoms with Gasteiger partial charge in [0, 0.05) is 31.6 Å². The van der Waals surface area contributed by atoms with E-state index >= 15 is 0 Å². The Balaban J connectivity index is 1.58. The number of hydrogen-bond acceptors (Lipinski definition) is 3. The number of amides is 1. The second-order valence-electron chi connectivity index (χ2n) is 4.67. The van der Waals surface area contributed by atoms with Crippen molar-refractivity contribution in [1.82, 2.24) is 15.5 Å². The summed E-state index contributed by atoms with van der Waals surface area (Å²) in [6, 6.07) is 1.12. The third-order valence-corrected chi connectivity index (χ3v) is 3.28. The van der Waals surface area contributed by atoms with Crippen LogP contribution in [0.5, 0.6) is 0 Å². The molecule has 15 heavy (non-hydrogen) atoms. The van der Waals surface area contributed by atoms with Crippen molar-refractivity contribution < 1.29 is 4.79 Å². The van der Waals surface area contributed by atoms with Gasteiger partial charge in [-0.3, -0.25) is 4.79 Å². The molecule has 2 N–H and O–H groups in total. The molecule has 0 aromatic heterocycles. The second kappa shape index (κ2) is 4.94.